The van der Waals surface area contributed by atoms with Crippen LogP contribution in [0.2, 0.25) is 0 Å². The zero-order chi connectivity index (χ0) is 14.6. The van der Waals surface area contributed by atoms with Crippen molar-refractivity contribution < 1.29 is 4.79 Å². The fourth-order valence-electron chi connectivity index (χ4n) is 2.52. The minimum absolute atomic E-state index is 0.0619. The summed E-state index contributed by atoms with van der Waals surface area (Å²) in [5.41, 5.74) is 0.240. The summed E-state index contributed by atoms with van der Waals surface area (Å²) < 4.78 is 0. The van der Waals surface area contributed by atoms with Crippen LogP contribution in [0.4, 0.5) is 0 Å². The third-order valence-corrected chi connectivity index (χ3v) is 3.31. The van der Waals surface area contributed by atoms with Crippen LogP contribution in [0.15, 0.2) is 0 Å². The van der Waals surface area contributed by atoms with Gasteiger partial charge in [0.05, 0.1) is 0 Å². The lowest BCUT2D eigenvalue weighted by molar-refractivity contribution is -0.124. The normalized spacial score (nSPS) is 14.9. The van der Waals surface area contributed by atoms with Gasteiger partial charge in [-0.1, -0.05) is 41.5 Å². The van der Waals surface area contributed by atoms with Crippen LogP contribution in [-0.4, -0.2) is 17.7 Å². The first kappa shape index (κ1) is 18.0. The number of rotatable bonds is 8. The number of ketones is 1. The van der Waals surface area contributed by atoms with Gasteiger partial charge in [-0.25, -0.2) is 0 Å². The van der Waals surface area contributed by atoms with E-state index in [-0.39, 0.29) is 22.1 Å². The predicted octanol–water partition coefficient (Wildman–Crippen LogP) is 3.91. The molecule has 0 spiro atoms. The van der Waals surface area contributed by atoms with Crippen LogP contribution in [0.25, 0.3) is 0 Å². The topological polar surface area (TPSA) is 29.1 Å². The Kier molecular flexibility index (Phi) is 6.94. The second-order valence-electron chi connectivity index (χ2n) is 7.36. The quantitative estimate of drug-likeness (QED) is 0.518. The van der Waals surface area contributed by atoms with Gasteiger partial charge < -0.3 is 5.32 Å². The Morgan fingerprint density at radius 2 is 1.61 bits per heavy atom. The number of hydrogen-bond acceptors (Lipinski definition) is 3. The van der Waals surface area contributed by atoms with Crippen molar-refractivity contribution in [1.82, 2.24) is 5.32 Å². The van der Waals surface area contributed by atoms with Crippen LogP contribution in [-0.2, 0) is 4.79 Å². The lowest BCUT2D eigenvalue weighted by Crippen LogP contribution is -2.36. The standard InChI is InChI=1S/C15H31NOS/c1-11(2)13(17)8-14(4,5)9-15(6,7)10-16-12(3)18/h11-12,16,18H,8-10H2,1-7H3. The Labute approximate surface area is 119 Å². The molecule has 1 unspecified atom stereocenters. The van der Waals surface area contributed by atoms with E-state index in [1.54, 1.807) is 0 Å². The van der Waals surface area contributed by atoms with Gasteiger partial charge in [0, 0.05) is 24.3 Å². The smallest absolute Gasteiger partial charge is 0.135 e. The monoisotopic (exact) mass is 273 g/mol. The lowest BCUT2D eigenvalue weighted by Gasteiger charge is -2.35. The summed E-state index contributed by atoms with van der Waals surface area (Å²) >= 11 is 4.34. The number of carbonyl (C=O) groups excluding carboxylic acids is 1. The highest BCUT2D eigenvalue weighted by Crippen LogP contribution is 2.36. The summed E-state index contributed by atoms with van der Waals surface area (Å²) in [6.07, 6.45) is 1.70. The first-order valence-corrected chi connectivity index (χ1v) is 7.41. The zero-order valence-corrected chi connectivity index (χ0v) is 14.0. The summed E-state index contributed by atoms with van der Waals surface area (Å²) in [6.45, 7) is 15.8. The minimum atomic E-state index is 0.0619. The van der Waals surface area contributed by atoms with E-state index in [2.05, 4.69) is 45.6 Å². The Bertz CT molecular complexity index is 270. The second kappa shape index (κ2) is 6.95. The van der Waals surface area contributed by atoms with Crippen LogP contribution < -0.4 is 5.32 Å². The molecule has 0 aromatic rings. The highest BCUT2D eigenvalue weighted by atomic mass is 32.1. The molecule has 0 saturated carbocycles. The van der Waals surface area contributed by atoms with Gasteiger partial charge in [0.2, 0.25) is 0 Å². The van der Waals surface area contributed by atoms with Gasteiger partial charge in [-0.3, -0.25) is 4.79 Å². The molecule has 0 fully saturated rings. The molecular formula is C15H31NOS. The van der Waals surface area contributed by atoms with Gasteiger partial charge in [0.1, 0.15) is 5.78 Å². The molecule has 0 radical (unpaired) electrons. The first-order chi connectivity index (χ1) is 7.95. The van der Waals surface area contributed by atoms with E-state index >= 15 is 0 Å². The molecule has 0 bridgehead atoms. The zero-order valence-electron chi connectivity index (χ0n) is 13.1. The first-order valence-electron chi connectivity index (χ1n) is 6.89. The van der Waals surface area contributed by atoms with Crippen LogP contribution in [0.1, 0.15) is 61.3 Å². The van der Waals surface area contributed by atoms with E-state index in [4.69, 9.17) is 0 Å². The fraction of sp³-hybridized carbons (Fsp3) is 0.933. The summed E-state index contributed by atoms with van der Waals surface area (Å²) in [6, 6.07) is 0. The summed E-state index contributed by atoms with van der Waals surface area (Å²) in [5.74, 6) is 0.509. The lowest BCUT2D eigenvalue weighted by atomic mass is 9.72. The van der Waals surface area contributed by atoms with Crippen LogP contribution in [0, 0.1) is 16.7 Å². The van der Waals surface area contributed by atoms with Crippen LogP contribution >= 0.6 is 12.6 Å². The second-order valence-corrected chi connectivity index (χ2v) is 8.13. The number of carbonyl (C=O) groups is 1. The molecule has 3 heteroatoms. The van der Waals surface area contributed by atoms with Gasteiger partial charge in [-0.2, -0.15) is 12.6 Å². The van der Waals surface area contributed by atoms with Crippen molar-refractivity contribution in [1.29, 1.82) is 0 Å². The van der Waals surface area contributed by atoms with E-state index in [0.29, 0.717) is 12.2 Å². The third-order valence-electron chi connectivity index (χ3n) is 3.13. The summed E-state index contributed by atoms with van der Waals surface area (Å²) in [4.78, 5) is 11.9. The van der Waals surface area contributed by atoms with E-state index in [1.165, 1.54) is 0 Å². The SMILES string of the molecule is CC(S)NCC(C)(C)CC(C)(C)CC(=O)C(C)C. The molecule has 0 aliphatic carbocycles. The van der Waals surface area contributed by atoms with E-state index in [9.17, 15) is 4.79 Å². The number of thiol groups is 1. The largest absolute Gasteiger partial charge is 0.305 e. The molecular weight excluding hydrogens is 242 g/mol. The molecule has 0 aliphatic rings. The maximum absolute atomic E-state index is 11.9. The molecule has 1 atom stereocenters. The Balaban J connectivity index is 4.41. The maximum atomic E-state index is 11.9. The van der Waals surface area contributed by atoms with E-state index < -0.39 is 0 Å². The molecule has 0 rings (SSSR count). The Morgan fingerprint density at radius 1 is 1.11 bits per heavy atom. The highest BCUT2D eigenvalue weighted by molar-refractivity contribution is 7.80. The van der Waals surface area contributed by atoms with Crippen LogP contribution in [0.3, 0.4) is 0 Å². The molecule has 0 saturated heterocycles. The molecule has 0 heterocycles. The molecule has 0 aliphatic heterocycles. The van der Waals surface area contributed by atoms with E-state index in [1.807, 2.05) is 20.8 Å². The number of hydrogen-bond donors (Lipinski definition) is 2. The van der Waals surface area contributed by atoms with Gasteiger partial charge >= 0.3 is 0 Å². The highest BCUT2D eigenvalue weighted by Gasteiger charge is 2.31. The summed E-state index contributed by atoms with van der Waals surface area (Å²) in [5, 5.41) is 3.58. The molecule has 1 N–H and O–H groups in total. The van der Waals surface area contributed by atoms with Crippen molar-refractivity contribution in [3.8, 4) is 0 Å². The number of Topliss-reactive ketones (excluding diaryl/α,β-unsaturated/α-hetero) is 1. The van der Waals surface area contributed by atoms with Crippen molar-refractivity contribution in [3.05, 3.63) is 0 Å². The molecule has 0 aromatic heterocycles. The van der Waals surface area contributed by atoms with E-state index in [0.717, 1.165) is 13.0 Å². The molecule has 2 nitrogen and oxygen atoms in total. The molecule has 0 aromatic carbocycles. The van der Waals surface area contributed by atoms with Gasteiger partial charge in [-0.15, -0.1) is 0 Å². The Morgan fingerprint density at radius 3 is 2.00 bits per heavy atom. The average Bonchev–Trinajstić information content (AvgIpc) is 2.12. The maximum Gasteiger partial charge on any atom is 0.135 e. The van der Waals surface area contributed by atoms with Gasteiger partial charge in [0.25, 0.3) is 0 Å². The molecule has 108 valence electrons. The van der Waals surface area contributed by atoms with Gasteiger partial charge in [-0.05, 0) is 24.2 Å². The predicted molar refractivity (Wildman–Crippen MR) is 83.1 cm³/mol. The fourth-order valence-corrected chi connectivity index (χ4v) is 2.61. The minimum Gasteiger partial charge on any atom is -0.305 e. The number of nitrogens with one attached hydrogen (secondary N) is 1. The summed E-state index contributed by atoms with van der Waals surface area (Å²) in [7, 11) is 0. The van der Waals surface area contributed by atoms with Crippen LogP contribution in [0.5, 0.6) is 0 Å². The molecule has 0 amide bonds. The average molecular weight is 273 g/mol. The van der Waals surface area contributed by atoms with Crippen molar-refractivity contribution in [2.75, 3.05) is 6.54 Å². The van der Waals surface area contributed by atoms with Gasteiger partial charge in [0.15, 0.2) is 0 Å². The van der Waals surface area contributed by atoms with Crippen molar-refractivity contribution >= 4 is 18.4 Å². The van der Waals surface area contributed by atoms with Crippen molar-refractivity contribution in [2.45, 2.75) is 66.7 Å². The van der Waals surface area contributed by atoms with Crippen molar-refractivity contribution in [2.24, 2.45) is 16.7 Å². The van der Waals surface area contributed by atoms with Crippen molar-refractivity contribution in [3.63, 3.8) is 0 Å². The molecule has 18 heavy (non-hydrogen) atoms. The third kappa shape index (κ3) is 8.15. The Hall–Kier alpha value is -0.0200.